The van der Waals surface area contributed by atoms with Gasteiger partial charge in [-0.25, -0.2) is 9.37 Å². The zero-order valence-corrected chi connectivity index (χ0v) is 11.1. The van der Waals surface area contributed by atoms with E-state index in [1.54, 1.807) is 18.2 Å². The van der Waals surface area contributed by atoms with Gasteiger partial charge >= 0.3 is 0 Å². The molecule has 0 spiro atoms. The quantitative estimate of drug-likeness (QED) is 0.659. The largest absolute Gasteiger partial charge is 0.396 e. The summed E-state index contributed by atoms with van der Waals surface area (Å²) in [6, 6.07) is 7.86. The number of hydrogen-bond donors (Lipinski definition) is 2. The average molecular weight is 296 g/mol. The molecule has 0 fully saturated rings. The molecule has 0 aliphatic heterocycles. The van der Waals surface area contributed by atoms with Crippen LogP contribution in [-0.4, -0.2) is 9.97 Å². The van der Waals surface area contributed by atoms with Crippen LogP contribution in [0.4, 0.5) is 10.1 Å². The zero-order valence-electron chi connectivity index (χ0n) is 9.55. The highest BCUT2D eigenvalue weighted by atomic mass is 35.5. The Labute approximate surface area is 118 Å². The van der Waals surface area contributed by atoms with Gasteiger partial charge in [0.2, 0.25) is 0 Å². The first-order valence-corrected chi connectivity index (χ1v) is 6.20. The third-order valence-corrected chi connectivity index (χ3v) is 3.52. The Bertz CT molecular complexity index is 744. The summed E-state index contributed by atoms with van der Waals surface area (Å²) in [6.07, 6.45) is 0. The van der Waals surface area contributed by atoms with E-state index in [0.717, 1.165) is 5.52 Å². The van der Waals surface area contributed by atoms with E-state index in [1.807, 2.05) is 0 Å². The number of H-pyrrole nitrogens is 1. The maximum atomic E-state index is 13.4. The number of nitrogens with two attached hydrogens (primary N) is 1. The fourth-order valence-electron chi connectivity index (χ4n) is 1.82. The molecule has 0 atom stereocenters. The number of imidazole rings is 1. The summed E-state index contributed by atoms with van der Waals surface area (Å²) in [6.45, 7) is 0. The molecule has 1 heterocycles. The van der Waals surface area contributed by atoms with E-state index in [9.17, 15) is 4.39 Å². The van der Waals surface area contributed by atoms with Gasteiger partial charge in [0, 0.05) is 5.56 Å². The van der Waals surface area contributed by atoms with E-state index >= 15 is 0 Å². The van der Waals surface area contributed by atoms with Crippen LogP contribution in [0.3, 0.4) is 0 Å². The van der Waals surface area contributed by atoms with E-state index in [1.165, 1.54) is 12.1 Å². The van der Waals surface area contributed by atoms with Crippen LogP contribution in [0.5, 0.6) is 0 Å². The van der Waals surface area contributed by atoms with Gasteiger partial charge in [0.05, 0.1) is 26.8 Å². The van der Waals surface area contributed by atoms with Crippen LogP contribution < -0.4 is 5.73 Å². The minimum absolute atomic E-state index is 0.103. The van der Waals surface area contributed by atoms with E-state index in [0.29, 0.717) is 26.9 Å². The van der Waals surface area contributed by atoms with Gasteiger partial charge in [0.15, 0.2) is 0 Å². The molecule has 0 unspecified atom stereocenters. The normalized spacial score (nSPS) is 11.1. The SMILES string of the molecule is Nc1ccc(-c2nc3cc(Cl)c(Cl)cc3[nH]2)cc1F. The number of aromatic amines is 1. The van der Waals surface area contributed by atoms with Crippen molar-refractivity contribution in [2.75, 3.05) is 5.73 Å². The van der Waals surface area contributed by atoms with Crippen molar-refractivity contribution in [1.82, 2.24) is 9.97 Å². The summed E-state index contributed by atoms with van der Waals surface area (Å²) >= 11 is 11.9. The van der Waals surface area contributed by atoms with Crippen molar-refractivity contribution < 1.29 is 4.39 Å². The van der Waals surface area contributed by atoms with Crippen LogP contribution in [0.1, 0.15) is 0 Å². The zero-order chi connectivity index (χ0) is 13.6. The molecule has 0 aliphatic carbocycles. The summed E-state index contributed by atoms with van der Waals surface area (Å²) in [5.41, 5.74) is 7.56. The van der Waals surface area contributed by atoms with Gasteiger partial charge in [-0.2, -0.15) is 0 Å². The number of nitrogens with one attached hydrogen (secondary N) is 1. The molecule has 0 saturated heterocycles. The number of benzene rings is 2. The highest BCUT2D eigenvalue weighted by Gasteiger charge is 2.09. The Morgan fingerprint density at radius 3 is 2.58 bits per heavy atom. The molecule has 0 amide bonds. The lowest BCUT2D eigenvalue weighted by molar-refractivity contribution is 0.633. The maximum absolute atomic E-state index is 13.4. The average Bonchev–Trinajstić information content (AvgIpc) is 2.76. The van der Waals surface area contributed by atoms with Crippen molar-refractivity contribution in [2.24, 2.45) is 0 Å². The van der Waals surface area contributed by atoms with Gasteiger partial charge in [-0.05, 0) is 30.3 Å². The standard InChI is InChI=1S/C13H8Cl2FN3/c14-7-4-11-12(5-8(7)15)19-13(18-11)6-1-2-10(17)9(16)3-6/h1-5H,17H2,(H,18,19). The van der Waals surface area contributed by atoms with Crippen molar-refractivity contribution in [3.63, 3.8) is 0 Å². The predicted octanol–water partition coefficient (Wildman–Crippen LogP) is 4.26. The van der Waals surface area contributed by atoms with Gasteiger partial charge < -0.3 is 10.7 Å². The summed E-state index contributed by atoms with van der Waals surface area (Å²) in [4.78, 5) is 7.41. The second kappa shape index (κ2) is 4.40. The van der Waals surface area contributed by atoms with Gasteiger partial charge in [-0.1, -0.05) is 23.2 Å². The number of anilines is 1. The minimum atomic E-state index is -0.478. The van der Waals surface area contributed by atoms with Crippen molar-refractivity contribution in [3.05, 3.63) is 46.2 Å². The monoisotopic (exact) mass is 295 g/mol. The minimum Gasteiger partial charge on any atom is -0.396 e. The Balaban J connectivity index is 2.17. The number of hydrogen-bond acceptors (Lipinski definition) is 2. The molecule has 19 heavy (non-hydrogen) atoms. The number of rotatable bonds is 1. The summed E-state index contributed by atoms with van der Waals surface area (Å²) in [7, 11) is 0. The first-order chi connectivity index (χ1) is 9.04. The molecule has 6 heteroatoms. The lowest BCUT2D eigenvalue weighted by Crippen LogP contribution is -1.91. The fourth-order valence-corrected chi connectivity index (χ4v) is 2.14. The molecule has 96 valence electrons. The fraction of sp³-hybridized carbons (Fsp3) is 0. The molecule has 0 bridgehead atoms. The van der Waals surface area contributed by atoms with Crippen LogP contribution in [0.25, 0.3) is 22.4 Å². The summed E-state index contributed by atoms with van der Waals surface area (Å²) in [5, 5.41) is 0.864. The molecule has 3 aromatic rings. The van der Waals surface area contributed by atoms with E-state index in [4.69, 9.17) is 28.9 Å². The highest BCUT2D eigenvalue weighted by molar-refractivity contribution is 6.42. The molecular weight excluding hydrogens is 288 g/mol. The van der Waals surface area contributed by atoms with Crippen LogP contribution in [0, 0.1) is 5.82 Å². The molecule has 3 N–H and O–H groups in total. The van der Waals surface area contributed by atoms with E-state index in [2.05, 4.69) is 9.97 Å². The van der Waals surface area contributed by atoms with Crippen molar-refractivity contribution in [1.29, 1.82) is 0 Å². The van der Waals surface area contributed by atoms with E-state index < -0.39 is 5.82 Å². The second-order valence-corrected chi connectivity index (χ2v) is 4.92. The molecular formula is C13H8Cl2FN3. The first-order valence-electron chi connectivity index (χ1n) is 5.45. The van der Waals surface area contributed by atoms with Gasteiger partial charge in [0.1, 0.15) is 11.6 Å². The van der Waals surface area contributed by atoms with Gasteiger partial charge in [-0.15, -0.1) is 0 Å². The molecule has 3 nitrogen and oxygen atoms in total. The van der Waals surface area contributed by atoms with E-state index in [-0.39, 0.29) is 5.69 Å². The Hall–Kier alpha value is -1.78. The van der Waals surface area contributed by atoms with Gasteiger partial charge in [0.25, 0.3) is 0 Å². The Morgan fingerprint density at radius 1 is 1.11 bits per heavy atom. The number of halogens is 3. The third-order valence-electron chi connectivity index (χ3n) is 2.80. The van der Waals surface area contributed by atoms with Crippen LogP contribution >= 0.6 is 23.2 Å². The van der Waals surface area contributed by atoms with Crippen molar-refractivity contribution in [3.8, 4) is 11.4 Å². The third kappa shape index (κ3) is 2.13. The molecule has 2 aromatic carbocycles. The van der Waals surface area contributed by atoms with Crippen LogP contribution in [-0.2, 0) is 0 Å². The molecule has 0 aliphatic rings. The predicted molar refractivity (Wildman–Crippen MR) is 75.9 cm³/mol. The van der Waals surface area contributed by atoms with Crippen molar-refractivity contribution >= 4 is 39.9 Å². The topological polar surface area (TPSA) is 54.7 Å². The molecule has 0 saturated carbocycles. The smallest absolute Gasteiger partial charge is 0.146 e. The van der Waals surface area contributed by atoms with Crippen molar-refractivity contribution in [2.45, 2.75) is 0 Å². The Morgan fingerprint density at radius 2 is 1.84 bits per heavy atom. The number of nitrogen functional groups attached to an aromatic ring is 1. The molecule has 0 radical (unpaired) electrons. The summed E-state index contributed by atoms with van der Waals surface area (Å²) in [5.74, 6) is 0.0567. The lowest BCUT2D eigenvalue weighted by Gasteiger charge is -1.99. The first kappa shape index (κ1) is 12.3. The number of aromatic nitrogens is 2. The Kier molecular flexibility index (Phi) is 2.84. The highest BCUT2D eigenvalue weighted by Crippen LogP contribution is 2.29. The number of fused-ring (bicyclic) bond motifs is 1. The van der Waals surface area contributed by atoms with Crippen LogP contribution in [0.2, 0.25) is 10.0 Å². The molecule has 1 aromatic heterocycles. The maximum Gasteiger partial charge on any atom is 0.146 e. The number of nitrogens with zero attached hydrogens (tertiary/aromatic N) is 1. The molecule has 3 rings (SSSR count). The van der Waals surface area contributed by atoms with Gasteiger partial charge in [-0.3, -0.25) is 0 Å². The lowest BCUT2D eigenvalue weighted by atomic mass is 10.2. The summed E-state index contributed by atoms with van der Waals surface area (Å²) < 4.78 is 13.4. The second-order valence-electron chi connectivity index (χ2n) is 4.11. The van der Waals surface area contributed by atoms with Crippen LogP contribution in [0.15, 0.2) is 30.3 Å².